The maximum Gasteiger partial charge on any atom is 0.187 e. The van der Waals surface area contributed by atoms with E-state index in [1.807, 2.05) is 0 Å². The minimum Gasteiger partial charge on any atom is -0.394 e. The normalized spacial score (nSPS) is 51.7. The second-order valence-corrected chi connectivity index (χ2v) is 5.53. The minimum absolute atomic E-state index is 0.667. The van der Waals surface area contributed by atoms with E-state index >= 15 is 0 Å². The molecule has 8 N–H and O–H groups in total. The molecule has 2 fully saturated rings. The third-order valence-corrected chi connectivity index (χ3v) is 3.98. The van der Waals surface area contributed by atoms with Crippen LogP contribution in [-0.4, -0.2) is 115 Å². The molecule has 1 unspecified atom stereocenters. The van der Waals surface area contributed by atoms with Crippen molar-refractivity contribution in [2.45, 2.75) is 61.4 Å². The van der Waals surface area contributed by atoms with E-state index in [1.54, 1.807) is 0 Å². The first-order valence-electron chi connectivity index (χ1n) is 7.08. The summed E-state index contributed by atoms with van der Waals surface area (Å²) in [4.78, 5) is 0. The Labute approximate surface area is 130 Å². The van der Waals surface area contributed by atoms with Gasteiger partial charge in [0.1, 0.15) is 48.8 Å². The highest BCUT2D eigenvalue weighted by molar-refractivity contribution is 4.93. The van der Waals surface area contributed by atoms with Crippen molar-refractivity contribution >= 4 is 0 Å². The molecule has 11 nitrogen and oxygen atoms in total. The number of aliphatic hydroxyl groups excluding tert-OH is 8. The SMILES string of the molecule is OC[C@H]1O[C@H](O[C@H]2[C@H](O)[C@@H](O)[C@@H](O)O[C@@H]2CO)[C@H](O)[C@@H](O)C1O. The Hall–Kier alpha value is -0.440. The molecule has 0 amide bonds. The molecule has 2 aliphatic heterocycles. The fourth-order valence-electron chi connectivity index (χ4n) is 2.57. The van der Waals surface area contributed by atoms with Crippen molar-refractivity contribution in [3.8, 4) is 0 Å². The zero-order valence-electron chi connectivity index (χ0n) is 12.0. The van der Waals surface area contributed by atoms with Crippen LogP contribution in [0.3, 0.4) is 0 Å². The van der Waals surface area contributed by atoms with Crippen LogP contribution in [0.5, 0.6) is 0 Å². The molecule has 0 radical (unpaired) electrons. The van der Waals surface area contributed by atoms with E-state index in [0.29, 0.717) is 0 Å². The summed E-state index contributed by atoms with van der Waals surface area (Å²) in [5, 5.41) is 76.5. The molecule has 136 valence electrons. The van der Waals surface area contributed by atoms with Crippen molar-refractivity contribution < 1.29 is 55.1 Å². The van der Waals surface area contributed by atoms with Crippen LogP contribution in [0.15, 0.2) is 0 Å². The van der Waals surface area contributed by atoms with E-state index < -0.39 is 74.6 Å². The van der Waals surface area contributed by atoms with Crippen molar-refractivity contribution in [2.75, 3.05) is 13.2 Å². The van der Waals surface area contributed by atoms with Crippen molar-refractivity contribution in [1.29, 1.82) is 0 Å². The molecule has 2 rings (SSSR count). The molecule has 0 aromatic heterocycles. The highest BCUT2D eigenvalue weighted by Crippen LogP contribution is 2.28. The molecule has 2 saturated heterocycles. The molecule has 11 heteroatoms. The number of aliphatic hydroxyl groups is 8. The molecule has 0 saturated carbocycles. The average molecular weight is 342 g/mol. The van der Waals surface area contributed by atoms with Gasteiger partial charge in [0.2, 0.25) is 0 Å². The number of hydrogen-bond acceptors (Lipinski definition) is 11. The lowest BCUT2D eigenvalue weighted by atomic mass is 9.97. The molecule has 0 aliphatic carbocycles. The van der Waals surface area contributed by atoms with Gasteiger partial charge < -0.3 is 55.1 Å². The fourth-order valence-corrected chi connectivity index (χ4v) is 2.57. The Morgan fingerprint density at radius 1 is 0.652 bits per heavy atom. The zero-order chi connectivity index (χ0) is 17.3. The van der Waals surface area contributed by atoms with Gasteiger partial charge in [-0.2, -0.15) is 0 Å². The Morgan fingerprint density at radius 2 is 1.26 bits per heavy atom. The smallest absolute Gasteiger partial charge is 0.187 e. The Balaban J connectivity index is 2.11. The first-order valence-corrected chi connectivity index (χ1v) is 7.08. The van der Waals surface area contributed by atoms with E-state index in [9.17, 15) is 35.7 Å². The quantitative estimate of drug-likeness (QED) is 0.243. The Bertz CT molecular complexity index is 378. The van der Waals surface area contributed by atoms with E-state index in [1.165, 1.54) is 0 Å². The topological polar surface area (TPSA) is 190 Å². The summed E-state index contributed by atoms with van der Waals surface area (Å²) in [7, 11) is 0. The third-order valence-electron chi connectivity index (χ3n) is 3.98. The molecule has 2 heterocycles. The predicted molar refractivity (Wildman–Crippen MR) is 68.6 cm³/mol. The molecule has 10 atom stereocenters. The zero-order valence-corrected chi connectivity index (χ0v) is 12.0. The first kappa shape index (κ1) is 18.9. The van der Waals surface area contributed by atoms with E-state index in [4.69, 9.17) is 19.3 Å². The summed E-state index contributed by atoms with van der Waals surface area (Å²) in [6, 6.07) is 0. The van der Waals surface area contributed by atoms with Crippen molar-refractivity contribution in [3.63, 3.8) is 0 Å². The molecule has 0 spiro atoms. The largest absolute Gasteiger partial charge is 0.394 e. The van der Waals surface area contributed by atoms with Crippen molar-refractivity contribution in [2.24, 2.45) is 0 Å². The van der Waals surface area contributed by atoms with Gasteiger partial charge in [0.15, 0.2) is 12.6 Å². The highest BCUT2D eigenvalue weighted by Gasteiger charge is 2.50. The van der Waals surface area contributed by atoms with Crippen LogP contribution < -0.4 is 0 Å². The van der Waals surface area contributed by atoms with Gasteiger partial charge in [0.25, 0.3) is 0 Å². The van der Waals surface area contributed by atoms with Gasteiger partial charge in [-0.25, -0.2) is 0 Å². The Morgan fingerprint density at radius 3 is 1.83 bits per heavy atom. The highest BCUT2D eigenvalue weighted by atomic mass is 16.7. The van der Waals surface area contributed by atoms with Gasteiger partial charge in [-0.3, -0.25) is 0 Å². The first-order chi connectivity index (χ1) is 10.8. The third kappa shape index (κ3) is 3.65. The number of rotatable bonds is 4. The molecular formula is C12H22O11. The van der Waals surface area contributed by atoms with E-state index in [-0.39, 0.29) is 0 Å². The minimum atomic E-state index is -1.74. The average Bonchev–Trinajstić information content (AvgIpc) is 2.55. The molecular weight excluding hydrogens is 320 g/mol. The van der Waals surface area contributed by atoms with Crippen LogP contribution in [0.1, 0.15) is 0 Å². The summed E-state index contributed by atoms with van der Waals surface area (Å²) in [6.07, 6.45) is -15.6. The maximum absolute atomic E-state index is 9.94. The van der Waals surface area contributed by atoms with Crippen LogP contribution in [0.25, 0.3) is 0 Å². The number of hydrogen-bond donors (Lipinski definition) is 8. The maximum atomic E-state index is 9.94. The van der Waals surface area contributed by atoms with Gasteiger partial charge in [0.05, 0.1) is 13.2 Å². The van der Waals surface area contributed by atoms with Gasteiger partial charge in [-0.15, -0.1) is 0 Å². The van der Waals surface area contributed by atoms with Crippen LogP contribution in [0, 0.1) is 0 Å². The second kappa shape index (κ2) is 7.63. The van der Waals surface area contributed by atoms with Crippen LogP contribution in [0.2, 0.25) is 0 Å². The van der Waals surface area contributed by atoms with Gasteiger partial charge in [-0.1, -0.05) is 0 Å². The van der Waals surface area contributed by atoms with E-state index in [2.05, 4.69) is 0 Å². The lowest BCUT2D eigenvalue weighted by molar-refractivity contribution is -0.355. The molecule has 2 aliphatic rings. The summed E-state index contributed by atoms with van der Waals surface area (Å²) in [6.45, 7) is -1.35. The Kier molecular flexibility index (Phi) is 6.27. The summed E-state index contributed by atoms with van der Waals surface area (Å²) in [5.74, 6) is 0. The predicted octanol–water partition coefficient (Wildman–Crippen LogP) is -5.40. The monoisotopic (exact) mass is 342 g/mol. The molecule has 23 heavy (non-hydrogen) atoms. The molecule has 0 aromatic rings. The number of ether oxygens (including phenoxy) is 3. The standard InChI is InChI=1S/C12H22O11/c13-1-3-5(15)6(16)9(19)12(22-3)23-10-4(2-14)21-11(20)8(18)7(10)17/h3-20H,1-2H2/t3-,4-,5?,6+,7-,8-,9-,10-,11+,12-/m1/s1. The lowest BCUT2D eigenvalue weighted by Crippen LogP contribution is -2.64. The van der Waals surface area contributed by atoms with Crippen LogP contribution >= 0.6 is 0 Å². The summed E-state index contributed by atoms with van der Waals surface area (Å²) in [5.41, 5.74) is 0. The molecule has 0 aromatic carbocycles. The van der Waals surface area contributed by atoms with E-state index in [0.717, 1.165) is 0 Å². The second-order valence-electron chi connectivity index (χ2n) is 5.53. The van der Waals surface area contributed by atoms with Gasteiger partial charge in [-0.05, 0) is 0 Å². The van der Waals surface area contributed by atoms with Crippen molar-refractivity contribution in [3.05, 3.63) is 0 Å². The molecule has 0 bridgehead atoms. The van der Waals surface area contributed by atoms with Gasteiger partial charge in [0, 0.05) is 0 Å². The summed E-state index contributed by atoms with van der Waals surface area (Å²) < 4.78 is 15.3. The summed E-state index contributed by atoms with van der Waals surface area (Å²) >= 11 is 0. The van der Waals surface area contributed by atoms with Crippen molar-refractivity contribution in [1.82, 2.24) is 0 Å². The van der Waals surface area contributed by atoms with Crippen LogP contribution in [-0.2, 0) is 14.2 Å². The fraction of sp³-hybridized carbons (Fsp3) is 1.00. The van der Waals surface area contributed by atoms with Crippen LogP contribution in [0.4, 0.5) is 0 Å². The lowest BCUT2D eigenvalue weighted by Gasteiger charge is -2.45. The van der Waals surface area contributed by atoms with Gasteiger partial charge >= 0.3 is 0 Å².